The zero-order valence-electron chi connectivity index (χ0n) is 11.4. The molecule has 0 amide bonds. The van der Waals surface area contributed by atoms with Crippen LogP contribution in [0.5, 0.6) is 0 Å². The van der Waals surface area contributed by atoms with Crippen LogP contribution in [0.15, 0.2) is 15.6 Å². The first-order valence-electron chi connectivity index (χ1n) is 5.80. The monoisotopic (exact) mass is 248 g/mol. The zero-order valence-corrected chi connectivity index (χ0v) is 11.4. The molecule has 0 aromatic carbocycles. The number of hydrogen-bond acceptors (Lipinski definition) is 3. The molecule has 0 spiro atoms. The highest BCUT2D eigenvalue weighted by Gasteiger charge is 2.19. The number of hydrogen-bond donors (Lipinski definition) is 2. The molecule has 1 aromatic heterocycles. The number of nitrogens with zero attached hydrogens (tertiary/aromatic N) is 2. The lowest BCUT2D eigenvalue weighted by atomic mass is 9.94. The van der Waals surface area contributed by atoms with E-state index in [1.54, 1.807) is 13.2 Å². The van der Waals surface area contributed by atoms with Crippen LogP contribution in [0.1, 0.15) is 32.4 Å². The molecule has 0 fully saturated rings. The SMILES string of the molecule is C#CCNC(=NC)NCc1ncc(C(C)(C)C)o1. The van der Waals surface area contributed by atoms with Crippen LogP contribution in [0.3, 0.4) is 0 Å². The summed E-state index contributed by atoms with van der Waals surface area (Å²) in [5, 5.41) is 6.03. The van der Waals surface area contributed by atoms with Gasteiger partial charge in [0.2, 0.25) is 5.89 Å². The van der Waals surface area contributed by atoms with Gasteiger partial charge >= 0.3 is 0 Å². The highest BCUT2D eigenvalue weighted by Crippen LogP contribution is 2.22. The fourth-order valence-electron chi connectivity index (χ4n) is 1.25. The van der Waals surface area contributed by atoms with Crippen LogP contribution >= 0.6 is 0 Å². The maximum Gasteiger partial charge on any atom is 0.213 e. The predicted molar refractivity (Wildman–Crippen MR) is 72.2 cm³/mol. The maximum absolute atomic E-state index is 5.65. The van der Waals surface area contributed by atoms with Crippen molar-refractivity contribution in [3.05, 3.63) is 17.8 Å². The Kier molecular flexibility index (Phi) is 4.78. The molecule has 5 heteroatoms. The van der Waals surface area contributed by atoms with Crippen molar-refractivity contribution in [2.24, 2.45) is 4.99 Å². The Bertz CT molecular complexity index is 448. The van der Waals surface area contributed by atoms with Gasteiger partial charge in [-0.05, 0) is 0 Å². The van der Waals surface area contributed by atoms with Gasteiger partial charge < -0.3 is 15.1 Å². The lowest BCUT2D eigenvalue weighted by molar-refractivity contribution is 0.379. The van der Waals surface area contributed by atoms with Crippen molar-refractivity contribution in [3.63, 3.8) is 0 Å². The Balaban J connectivity index is 2.54. The number of guanidine groups is 1. The summed E-state index contributed by atoms with van der Waals surface area (Å²) >= 11 is 0. The van der Waals surface area contributed by atoms with Gasteiger partial charge in [-0.3, -0.25) is 4.99 Å². The van der Waals surface area contributed by atoms with Gasteiger partial charge in [0.05, 0.1) is 19.3 Å². The minimum absolute atomic E-state index is 0.0331. The van der Waals surface area contributed by atoms with E-state index in [9.17, 15) is 0 Å². The van der Waals surface area contributed by atoms with Crippen molar-refractivity contribution >= 4 is 5.96 Å². The van der Waals surface area contributed by atoms with Crippen LogP contribution in [0.25, 0.3) is 0 Å². The van der Waals surface area contributed by atoms with E-state index in [0.29, 0.717) is 24.9 Å². The molecule has 0 aliphatic carbocycles. The summed E-state index contributed by atoms with van der Waals surface area (Å²) in [5.74, 6) is 4.61. The Labute approximate surface area is 108 Å². The fraction of sp³-hybridized carbons (Fsp3) is 0.538. The van der Waals surface area contributed by atoms with Gasteiger partial charge in [-0.1, -0.05) is 26.7 Å². The molecule has 0 saturated carbocycles. The standard InChI is InChI=1S/C13H20N4O/c1-6-7-15-12(14-5)17-9-11-16-8-10(18-11)13(2,3)4/h1,8H,7,9H2,2-5H3,(H2,14,15,17). The maximum atomic E-state index is 5.65. The molecule has 0 aliphatic heterocycles. The van der Waals surface area contributed by atoms with E-state index in [2.05, 4.69) is 47.3 Å². The third kappa shape index (κ3) is 4.13. The molecule has 0 bridgehead atoms. The zero-order chi connectivity index (χ0) is 13.6. The van der Waals surface area contributed by atoms with Crippen LogP contribution in [0, 0.1) is 12.3 Å². The number of oxazole rings is 1. The summed E-state index contributed by atoms with van der Waals surface area (Å²) < 4.78 is 5.65. The largest absolute Gasteiger partial charge is 0.443 e. The first kappa shape index (κ1) is 14.1. The number of aliphatic imine (C=N–C) groups is 1. The fourth-order valence-corrected chi connectivity index (χ4v) is 1.25. The predicted octanol–water partition coefficient (Wildman–Crippen LogP) is 1.27. The van der Waals surface area contributed by atoms with E-state index in [1.807, 2.05) is 0 Å². The molecule has 98 valence electrons. The van der Waals surface area contributed by atoms with E-state index in [0.717, 1.165) is 5.76 Å². The highest BCUT2D eigenvalue weighted by molar-refractivity contribution is 5.79. The molecule has 5 nitrogen and oxygen atoms in total. The van der Waals surface area contributed by atoms with Crippen molar-refractivity contribution in [2.75, 3.05) is 13.6 Å². The third-order valence-electron chi connectivity index (χ3n) is 2.28. The third-order valence-corrected chi connectivity index (χ3v) is 2.28. The Morgan fingerprint density at radius 3 is 2.72 bits per heavy atom. The Morgan fingerprint density at radius 2 is 2.22 bits per heavy atom. The summed E-state index contributed by atoms with van der Waals surface area (Å²) in [6, 6.07) is 0. The second-order valence-electron chi connectivity index (χ2n) is 4.85. The van der Waals surface area contributed by atoms with Crippen molar-refractivity contribution in [1.82, 2.24) is 15.6 Å². The van der Waals surface area contributed by atoms with Crippen molar-refractivity contribution in [2.45, 2.75) is 32.7 Å². The minimum Gasteiger partial charge on any atom is -0.443 e. The topological polar surface area (TPSA) is 62.5 Å². The van der Waals surface area contributed by atoms with Crippen LogP contribution in [0.4, 0.5) is 0 Å². The van der Waals surface area contributed by atoms with E-state index >= 15 is 0 Å². The van der Waals surface area contributed by atoms with Gasteiger partial charge in [0.25, 0.3) is 0 Å². The number of rotatable bonds is 3. The summed E-state index contributed by atoms with van der Waals surface area (Å²) in [5.41, 5.74) is -0.0331. The van der Waals surface area contributed by atoms with Crippen LogP contribution in [0.2, 0.25) is 0 Å². The van der Waals surface area contributed by atoms with Gasteiger partial charge in [0, 0.05) is 12.5 Å². The lowest BCUT2D eigenvalue weighted by Crippen LogP contribution is -2.36. The smallest absolute Gasteiger partial charge is 0.213 e. The molecule has 0 atom stereocenters. The normalized spacial score (nSPS) is 12.1. The summed E-state index contributed by atoms with van der Waals surface area (Å²) in [7, 11) is 1.68. The first-order valence-corrected chi connectivity index (χ1v) is 5.80. The van der Waals surface area contributed by atoms with Gasteiger partial charge in [0.15, 0.2) is 5.96 Å². The van der Waals surface area contributed by atoms with Crippen LogP contribution < -0.4 is 10.6 Å². The molecule has 1 heterocycles. The number of terminal acetylenes is 1. The van der Waals surface area contributed by atoms with E-state index in [1.165, 1.54) is 0 Å². The Hall–Kier alpha value is -1.96. The van der Waals surface area contributed by atoms with Crippen molar-refractivity contribution < 1.29 is 4.42 Å². The van der Waals surface area contributed by atoms with E-state index in [-0.39, 0.29) is 5.41 Å². The molecule has 0 saturated heterocycles. The van der Waals surface area contributed by atoms with E-state index < -0.39 is 0 Å². The number of nitrogens with one attached hydrogen (secondary N) is 2. The van der Waals surface area contributed by atoms with Crippen LogP contribution in [-0.2, 0) is 12.0 Å². The Morgan fingerprint density at radius 1 is 1.50 bits per heavy atom. The second kappa shape index (κ2) is 6.10. The van der Waals surface area contributed by atoms with Crippen LogP contribution in [-0.4, -0.2) is 24.5 Å². The second-order valence-corrected chi connectivity index (χ2v) is 4.85. The number of aromatic nitrogens is 1. The molecule has 0 aliphatic rings. The molecule has 18 heavy (non-hydrogen) atoms. The molecule has 1 rings (SSSR count). The first-order chi connectivity index (χ1) is 8.47. The average molecular weight is 248 g/mol. The summed E-state index contributed by atoms with van der Waals surface area (Å²) in [6.45, 7) is 7.15. The van der Waals surface area contributed by atoms with Gasteiger partial charge in [-0.25, -0.2) is 4.98 Å². The molecular formula is C13H20N4O. The highest BCUT2D eigenvalue weighted by atomic mass is 16.4. The van der Waals surface area contributed by atoms with E-state index in [4.69, 9.17) is 10.8 Å². The summed E-state index contributed by atoms with van der Waals surface area (Å²) in [4.78, 5) is 8.24. The molecule has 1 aromatic rings. The molecule has 0 radical (unpaired) electrons. The molecule has 0 unspecified atom stereocenters. The van der Waals surface area contributed by atoms with Gasteiger partial charge in [0.1, 0.15) is 5.76 Å². The van der Waals surface area contributed by atoms with Gasteiger partial charge in [-0.2, -0.15) is 0 Å². The molecule has 2 N–H and O–H groups in total. The lowest BCUT2D eigenvalue weighted by Gasteiger charge is -2.13. The van der Waals surface area contributed by atoms with Gasteiger partial charge in [-0.15, -0.1) is 6.42 Å². The summed E-state index contributed by atoms with van der Waals surface area (Å²) in [6.07, 6.45) is 6.92. The minimum atomic E-state index is -0.0331. The van der Waals surface area contributed by atoms with Crippen molar-refractivity contribution in [1.29, 1.82) is 0 Å². The van der Waals surface area contributed by atoms with Crippen molar-refractivity contribution in [3.8, 4) is 12.3 Å². The quantitative estimate of drug-likeness (QED) is 0.480. The molecular weight excluding hydrogens is 228 g/mol. The average Bonchev–Trinajstić information content (AvgIpc) is 2.78.